The summed E-state index contributed by atoms with van der Waals surface area (Å²) < 4.78 is 4.90. The molecule has 56 heavy (non-hydrogen) atoms. The van der Waals surface area contributed by atoms with Crippen LogP contribution in [0.4, 0.5) is 0 Å². The molecule has 12 rings (SSSR count). The lowest BCUT2D eigenvalue weighted by Crippen LogP contribution is -1.99. The van der Waals surface area contributed by atoms with Crippen molar-refractivity contribution in [3.05, 3.63) is 194 Å². The summed E-state index contributed by atoms with van der Waals surface area (Å²) in [6.07, 6.45) is 0. The lowest BCUT2D eigenvalue weighted by atomic mass is 9.97. The summed E-state index contributed by atoms with van der Waals surface area (Å²) in [5.41, 5.74) is 12.6. The van der Waals surface area contributed by atoms with Crippen LogP contribution < -0.4 is 0 Å². The average molecular weight is 713 g/mol. The molecule has 0 saturated heterocycles. The maximum Gasteiger partial charge on any atom is 0.0979 e. The van der Waals surface area contributed by atoms with E-state index >= 15 is 0 Å². The molecule has 0 amide bonds. The third-order valence-electron chi connectivity index (χ3n) is 11.5. The Morgan fingerprint density at radius 2 is 0.893 bits per heavy atom. The molecule has 0 bridgehead atoms. The van der Waals surface area contributed by atoms with Crippen molar-refractivity contribution in [2.24, 2.45) is 0 Å². The largest absolute Gasteiger partial charge is 0.309 e. The van der Waals surface area contributed by atoms with Crippen molar-refractivity contribution in [1.82, 2.24) is 19.1 Å². The molecule has 9 aromatic carbocycles. The molecule has 3 aromatic heterocycles. The van der Waals surface area contributed by atoms with E-state index in [0.29, 0.717) is 0 Å². The van der Waals surface area contributed by atoms with Gasteiger partial charge in [-0.3, -0.25) is 0 Å². The molecular weight excluding hydrogens is 681 g/mol. The molecule has 0 saturated carbocycles. The zero-order valence-corrected chi connectivity index (χ0v) is 30.3. The number of fused-ring (bicyclic) bond motifs is 9. The number of hydrogen-bond acceptors (Lipinski definition) is 2. The van der Waals surface area contributed by atoms with Crippen molar-refractivity contribution in [3.8, 4) is 33.9 Å². The fourth-order valence-electron chi connectivity index (χ4n) is 8.96. The van der Waals surface area contributed by atoms with Crippen molar-refractivity contribution in [2.75, 3.05) is 0 Å². The summed E-state index contributed by atoms with van der Waals surface area (Å²) in [6.45, 7) is 0. The van der Waals surface area contributed by atoms with Crippen LogP contribution in [-0.4, -0.2) is 19.1 Å². The molecule has 0 N–H and O–H groups in total. The van der Waals surface area contributed by atoms with Gasteiger partial charge >= 0.3 is 0 Å². The van der Waals surface area contributed by atoms with E-state index in [1.807, 2.05) is 30.3 Å². The summed E-state index contributed by atoms with van der Waals surface area (Å²) in [6, 6.07) is 69.6. The Bertz CT molecular complexity index is 3520. The van der Waals surface area contributed by atoms with Gasteiger partial charge in [0.05, 0.1) is 50.2 Å². The summed E-state index contributed by atoms with van der Waals surface area (Å²) in [5, 5.41) is 9.71. The number of benzene rings is 9. The van der Waals surface area contributed by atoms with Gasteiger partial charge in [0, 0.05) is 43.7 Å². The fourth-order valence-corrected chi connectivity index (χ4v) is 8.96. The molecular formula is C52H32N4. The normalized spacial score (nSPS) is 11.9. The number of rotatable bonds is 4. The SMILES string of the molecule is c1ccc(-c2nc3ccccc3nc2-c2cccc3c(-n4c5ccccc5c5cc6c7cc8ccccc8cc7n(-c7ccccc7)c6cc54)cccc23)cc1. The molecule has 0 aliphatic rings. The topological polar surface area (TPSA) is 35.6 Å². The zero-order chi connectivity index (χ0) is 36.7. The molecule has 0 fully saturated rings. The van der Waals surface area contributed by atoms with Crippen LogP contribution in [0.1, 0.15) is 0 Å². The second-order valence-electron chi connectivity index (χ2n) is 14.6. The summed E-state index contributed by atoms with van der Waals surface area (Å²) in [7, 11) is 0. The minimum absolute atomic E-state index is 0.876. The number of aromatic nitrogens is 4. The van der Waals surface area contributed by atoms with Gasteiger partial charge in [0.2, 0.25) is 0 Å². The molecule has 0 aliphatic carbocycles. The Kier molecular flexibility index (Phi) is 6.60. The number of para-hydroxylation sites is 4. The molecule has 0 spiro atoms. The van der Waals surface area contributed by atoms with Gasteiger partial charge in [0.1, 0.15) is 0 Å². The van der Waals surface area contributed by atoms with Crippen LogP contribution in [0.5, 0.6) is 0 Å². The van der Waals surface area contributed by atoms with Crippen LogP contribution in [0, 0.1) is 0 Å². The smallest absolute Gasteiger partial charge is 0.0979 e. The zero-order valence-electron chi connectivity index (χ0n) is 30.3. The first kappa shape index (κ1) is 30.9. The van der Waals surface area contributed by atoms with Gasteiger partial charge in [0.25, 0.3) is 0 Å². The molecule has 4 heteroatoms. The summed E-state index contributed by atoms with van der Waals surface area (Å²) in [4.78, 5) is 10.5. The maximum absolute atomic E-state index is 5.31. The highest BCUT2D eigenvalue weighted by molar-refractivity contribution is 6.21. The Hall–Kier alpha value is -7.56. The number of hydrogen-bond donors (Lipinski definition) is 0. The molecule has 12 aromatic rings. The van der Waals surface area contributed by atoms with E-state index in [2.05, 4.69) is 173 Å². The first-order chi connectivity index (χ1) is 27.8. The van der Waals surface area contributed by atoms with Crippen LogP contribution in [0.3, 0.4) is 0 Å². The Balaban J connectivity index is 1.17. The van der Waals surface area contributed by atoms with Crippen molar-refractivity contribution >= 4 is 76.2 Å². The predicted molar refractivity (Wildman–Crippen MR) is 234 cm³/mol. The van der Waals surface area contributed by atoms with Crippen molar-refractivity contribution in [3.63, 3.8) is 0 Å². The summed E-state index contributed by atoms with van der Waals surface area (Å²) >= 11 is 0. The molecule has 0 atom stereocenters. The Labute approximate surface area is 322 Å². The standard InChI is InChI=1S/C52H32N4/c1-3-15-33(16-4-1)51-52(54-45-26-11-10-25-44(45)53-51)40-24-13-23-38-37(40)22-14-28-47(38)56-46-27-12-9-21-39(46)42-31-43-41-29-34-17-7-8-18-35(34)30-48(41)55(49(43)32-50(42)56)36-19-5-2-6-20-36/h1-32H. The van der Waals surface area contributed by atoms with E-state index in [1.165, 1.54) is 48.9 Å². The van der Waals surface area contributed by atoms with Gasteiger partial charge in [0.15, 0.2) is 0 Å². The van der Waals surface area contributed by atoms with E-state index in [4.69, 9.17) is 9.97 Å². The average Bonchev–Trinajstić information content (AvgIpc) is 3.75. The Morgan fingerprint density at radius 1 is 0.321 bits per heavy atom. The summed E-state index contributed by atoms with van der Waals surface area (Å²) in [5.74, 6) is 0. The monoisotopic (exact) mass is 712 g/mol. The molecule has 0 aliphatic heterocycles. The van der Waals surface area contributed by atoms with Gasteiger partial charge < -0.3 is 9.13 Å². The molecule has 3 heterocycles. The molecule has 4 nitrogen and oxygen atoms in total. The van der Waals surface area contributed by atoms with Crippen molar-refractivity contribution in [2.45, 2.75) is 0 Å². The van der Waals surface area contributed by atoms with Crippen molar-refractivity contribution < 1.29 is 0 Å². The van der Waals surface area contributed by atoms with Gasteiger partial charge in [-0.25, -0.2) is 9.97 Å². The third kappa shape index (κ3) is 4.53. The van der Waals surface area contributed by atoms with E-state index in [1.54, 1.807) is 0 Å². The first-order valence-electron chi connectivity index (χ1n) is 19.1. The highest BCUT2D eigenvalue weighted by Gasteiger charge is 2.21. The molecule has 0 radical (unpaired) electrons. The van der Waals surface area contributed by atoms with Crippen LogP contribution >= 0.6 is 0 Å². The van der Waals surface area contributed by atoms with E-state index in [0.717, 1.165) is 61.2 Å². The van der Waals surface area contributed by atoms with Gasteiger partial charge in [-0.2, -0.15) is 0 Å². The lowest BCUT2D eigenvalue weighted by molar-refractivity contribution is 1.17. The van der Waals surface area contributed by atoms with Crippen molar-refractivity contribution in [1.29, 1.82) is 0 Å². The predicted octanol–water partition coefficient (Wildman–Crippen LogP) is 13.5. The Morgan fingerprint density at radius 3 is 1.71 bits per heavy atom. The lowest BCUT2D eigenvalue weighted by Gasteiger charge is -2.16. The fraction of sp³-hybridized carbons (Fsp3) is 0. The van der Waals surface area contributed by atoms with E-state index < -0.39 is 0 Å². The van der Waals surface area contributed by atoms with Gasteiger partial charge in [-0.15, -0.1) is 0 Å². The maximum atomic E-state index is 5.31. The first-order valence-corrected chi connectivity index (χ1v) is 19.1. The quantitative estimate of drug-likeness (QED) is 0.182. The second kappa shape index (κ2) is 12.0. The second-order valence-corrected chi connectivity index (χ2v) is 14.6. The molecule has 260 valence electrons. The van der Waals surface area contributed by atoms with Crippen LogP contribution in [-0.2, 0) is 0 Å². The minimum atomic E-state index is 0.876. The highest BCUT2D eigenvalue weighted by Crippen LogP contribution is 2.43. The van der Waals surface area contributed by atoms with Crippen LogP contribution in [0.15, 0.2) is 194 Å². The van der Waals surface area contributed by atoms with Gasteiger partial charge in [-0.1, -0.05) is 133 Å². The number of nitrogens with zero attached hydrogens (tertiary/aromatic N) is 4. The highest BCUT2D eigenvalue weighted by atomic mass is 15.0. The van der Waals surface area contributed by atoms with Crippen LogP contribution in [0.2, 0.25) is 0 Å². The van der Waals surface area contributed by atoms with Crippen LogP contribution in [0.25, 0.3) is 110 Å². The van der Waals surface area contributed by atoms with E-state index in [9.17, 15) is 0 Å². The minimum Gasteiger partial charge on any atom is -0.309 e. The third-order valence-corrected chi connectivity index (χ3v) is 11.5. The van der Waals surface area contributed by atoms with Gasteiger partial charge in [-0.05, 0) is 76.8 Å². The molecule has 0 unspecified atom stereocenters. The van der Waals surface area contributed by atoms with E-state index in [-0.39, 0.29) is 0 Å².